The van der Waals surface area contributed by atoms with E-state index in [0.717, 1.165) is 24.5 Å². The van der Waals surface area contributed by atoms with E-state index in [4.69, 9.17) is 4.74 Å². The Bertz CT molecular complexity index is 861. The number of aromatic nitrogens is 3. The Morgan fingerprint density at radius 1 is 0.724 bits per heavy atom. The lowest BCUT2D eigenvalue weighted by molar-refractivity contribution is 0.122. The molecule has 1 fully saturated rings. The van der Waals surface area contributed by atoms with E-state index < -0.39 is 0 Å². The molecule has 0 spiro atoms. The quantitative estimate of drug-likeness (QED) is 0.649. The highest BCUT2D eigenvalue weighted by Gasteiger charge is 2.17. The maximum atomic E-state index is 5.45. The van der Waals surface area contributed by atoms with E-state index in [-0.39, 0.29) is 12.4 Å². The number of nitrogens with zero attached hydrogens (tertiary/aromatic N) is 4. The van der Waals surface area contributed by atoms with E-state index >= 15 is 0 Å². The number of ether oxygens (including phenoxy) is 1. The molecular weight excluding hydrogens is 388 g/mol. The predicted octanol–water partition coefficient (Wildman–Crippen LogP) is 4.23. The zero-order chi connectivity index (χ0) is 19.3. The predicted molar refractivity (Wildman–Crippen MR) is 119 cm³/mol. The second kappa shape index (κ2) is 9.54. The van der Waals surface area contributed by atoms with Gasteiger partial charge in [0.25, 0.3) is 0 Å². The highest BCUT2D eigenvalue weighted by molar-refractivity contribution is 5.85. The van der Waals surface area contributed by atoms with Crippen LogP contribution in [-0.2, 0) is 4.74 Å². The van der Waals surface area contributed by atoms with Gasteiger partial charge in [0.1, 0.15) is 0 Å². The van der Waals surface area contributed by atoms with Crippen molar-refractivity contribution in [1.82, 2.24) is 15.0 Å². The Kier molecular flexibility index (Phi) is 6.85. The maximum Gasteiger partial charge on any atom is 0.233 e. The molecule has 2 N–H and O–H groups in total. The summed E-state index contributed by atoms with van der Waals surface area (Å²) in [6.07, 6.45) is 0. The van der Waals surface area contributed by atoms with Crippen LogP contribution in [0.15, 0.2) is 48.5 Å². The first-order chi connectivity index (χ1) is 13.7. The Hall–Kier alpha value is -2.90. The van der Waals surface area contributed by atoms with Crippen LogP contribution in [0.3, 0.4) is 0 Å². The number of rotatable bonds is 5. The third-order valence-electron chi connectivity index (χ3n) is 4.53. The van der Waals surface area contributed by atoms with Crippen LogP contribution in [-0.4, -0.2) is 41.3 Å². The zero-order valence-corrected chi connectivity index (χ0v) is 17.4. The normalized spacial score (nSPS) is 13.5. The summed E-state index contributed by atoms with van der Waals surface area (Å²) in [5.74, 6) is 1.66. The monoisotopic (exact) mass is 412 g/mol. The first kappa shape index (κ1) is 20.8. The van der Waals surface area contributed by atoms with Gasteiger partial charge in [-0.3, -0.25) is 0 Å². The third-order valence-corrected chi connectivity index (χ3v) is 4.53. The number of nitrogens with one attached hydrogen (secondary N) is 2. The summed E-state index contributed by atoms with van der Waals surface area (Å²) in [6.45, 7) is 7.00. The van der Waals surface area contributed by atoms with Gasteiger partial charge in [0, 0.05) is 24.5 Å². The van der Waals surface area contributed by atoms with Crippen molar-refractivity contribution in [3.05, 3.63) is 59.7 Å². The topological polar surface area (TPSA) is 75.2 Å². The van der Waals surface area contributed by atoms with Crippen LogP contribution in [0.5, 0.6) is 0 Å². The molecule has 152 valence electrons. The number of anilines is 5. The number of halogens is 1. The standard InChI is InChI=1S/C21H24N6O.ClH/c1-15-3-7-17(8-4-15)22-19-24-20(23-18-9-5-16(2)6-10-18)26-21(25-19)27-11-13-28-14-12-27;/h3-10H,11-14H2,1-2H3,(H2,22,23,24,25,26);1H. The Morgan fingerprint density at radius 3 is 1.62 bits per heavy atom. The lowest BCUT2D eigenvalue weighted by Crippen LogP contribution is -2.37. The largest absolute Gasteiger partial charge is 0.378 e. The van der Waals surface area contributed by atoms with E-state index in [1.165, 1.54) is 11.1 Å². The molecule has 0 saturated carbocycles. The fourth-order valence-electron chi connectivity index (χ4n) is 2.91. The fraction of sp³-hybridized carbons (Fsp3) is 0.286. The van der Waals surface area contributed by atoms with Crippen molar-refractivity contribution in [3.63, 3.8) is 0 Å². The number of benzene rings is 2. The minimum absolute atomic E-state index is 0. The van der Waals surface area contributed by atoms with Gasteiger partial charge in [0.05, 0.1) is 13.2 Å². The van der Waals surface area contributed by atoms with Crippen LogP contribution >= 0.6 is 12.4 Å². The summed E-state index contributed by atoms with van der Waals surface area (Å²) in [4.78, 5) is 15.9. The summed E-state index contributed by atoms with van der Waals surface area (Å²) in [6, 6.07) is 16.3. The molecule has 29 heavy (non-hydrogen) atoms. The van der Waals surface area contributed by atoms with Crippen molar-refractivity contribution in [2.75, 3.05) is 41.8 Å². The SMILES string of the molecule is Cc1ccc(Nc2nc(Nc3ccc(C)cc3)nc(N3CCOCC3)n2)cc1.Cl. The smallest absolute Gasteiger partial charge is 0.233 e. The summed E-state index contributed by atoms with van der Waals surface area (Å²) in [5.41, 5.74) is 4.28. The van der Waals surface area contributed by atoms with Crippen molar-refractivity contribution in [3.8, 4) is 0 Å². The van der Waals surface area contributed by atoms with Gasteiger partial charge in [0.2, 0.25) is 17.8 Å². The van der Waals surface area contributed by atoms with Crippen molar-refractivity contribution in [2.24, 2.45) is 0 Å². The van der Waals surface area contributed by atoms with Gasteiger partial charge in [-0.2, -0.15) is 15.0 Å². The fourth-order valence-corrected chi connectivity index (χ4v) is 2.91. The highest BCUT2D eigenvalue weighted by Crippen LogP contribution is 2.21. The van der Waals surface area contributed by atoms with E-state index in [1.54, 1.807) is 0 Å². The first-order valence-electron chi connectivity index (χ1n) is 9.42. The number of morpholine rings is 1. The molecule has 1 aliphatic heterocycles. The lowest BCUT2D eigenvalue weighted by atomic mass is 10.2. The lowest BCUT2D eigenvalue weighted by Gasteiger charge is -2.27. The minimum atomic E-state index is 0. The second-order valence-electron chi connectivity index (χ2n) is 6.86. The Morgan fingerprint density at radius 2 is 1.17 bits per heavy atom. The van der Waals surface area contributed by atoms with E-state index in [1.807, 2.05) is 24.3 Å². The summed E-state index contributed by atoms with van der Waals surface area (Å²) in [7, 11) is 0. The van der Waals surface area contributed by atoms with Crippen LogP contribution in [0.1, 0.15) is 11.1 Å². The van der Waals surface area contributed by atoms with Crippen LogP contribution in [0.2, 0.25) is 0 Å². The van der Waals surface area contributed by atoms with Gasteiger partial charge >= 0.3 is 0 Å². The van der Waals surface area contributed by atoms with Crippen molar-refractivity contribution >= 4 is 41.6 Å². The molecule has 1 saturated heterocycles. The molecule has 2 heterocycles. The van der Waals surface area contributed by atoms with Crippen LogP contribution in [0.4, 0.5) is 29.2 Å². The van der Waals surface area contributed by atoms with Gasteiger partial charge in [0.15, 0.2) is 0 Å². The molecular formula is C21H25ClN6O. The van der Waals surface area contributed by atoms with Crippen LogP contribution in [0, 0.1) is 13.8 Å². The molecule has 4 rings (SSSR count). The van der Waals surface area contributed by atoms with Gasteiger partial charge in [-0.15, -0.1) is 12.4 Å². The number of hydrogen-bond donors (Lipinski definition) is 2. The average molecular weight is 413 g/mol. The van der Waals surface area contributed by atoms with Crippen molar-refractivity contribution < 1.29 is 4.74 Å². The van der Waals surface area contributed by atoms with Gasteiger partial charge in [-0.25, -0.2) is 0 Å². The molecule has 0 bridgehead atoms. The zero-order valence-electron chi connectivity index (χ0n) is 16.6. The summed E-state index contributed by atoms with van der Waals surface area (Å²) in [5, 5.41) is 6.57. The summed E-state index contributed by atoms with van der Waals surface area (Å²) >= 11 is 0. The number of aryl methyl sites for hydroxylation is 2. The molecule has 1 aromatic heterocycles. The molecule has 2 aromatic carbocycles. The minimum Gasteiger partial charge on any atom is -0.378 e. The van der Waals surface area contributed by atoms with Gasteiger partial charge < -0.3 is 20.3 Å². The van der Waals surface area contributed by atoms with E-state index in [2.05, 4.69) is 68.6 Å². The maximum absolute atomic E-state index is 5.45. The molecule has 0 unspecified atom stereocenters. The van der Waals surface area contributed by atoms with Crippen molar-refractivity contribution in [1.29, 1.82) is 0 Å². The van der Waals surface area contributed by atoms with Crippen molar-refractivity contribution in [2.45, 2.75) is 13.8 Å². The molecule has 3 aromatic rings. The Balaban J connectivity index is 0.00000240. The third kappa shape index (κ3) is 5.56. The van der Waals surface area contributed by atoms with E-state index in [9.17, 15) is 0 Å². The molecule has 7 nitrogen and oxygen atoms in total. The second-order valence-corrected chi connectivity index (χ2v) is 6.86. The van der Waals surface area contributed by atoms with E-state index in [0.29, 0.717) is 31.1 Å². The Labute approximate surface area is 177 Å². The van der Waals surface area contributed by atoms with Crippen LogP contribution < -0.4 is 15.5 Å². The number of hydrogen-bond acceptors (Lipinski definition) is 7. The van der Waals surface area contributed by atoms with Gasteiger partial charge in [-0.05, 0) is 38.1 Å². The molecule has 0 atom stereocenters. The molecule has 8 heteroatoms. The van der Waals surface area contributed by atoms with Gasteiger partial charge in [-0.1, -0.05) is 35.4 Å². The molecule has 1 aliphatic rings. The molecule has 0 aliphatic carbocycles. The summed E-state index contributed by atoms with van der Waals surface area (Å²) < 4.78 is 5.45. The molecule has 0 radical (unpaired) electrons. The molecule has 0 amide bonds. The van der Waals surface area contributed by atoms with Crippen LogP contribution in [0.25, 0.3) is 0 Å². The first-order valence-corrected chi connectivity index (χ1v) is 9.42. The average Bonchev–Trinajstić information content (AvgIpc) is 2.72. The highest BCUT2D eigenvalue weighted by atomic mass is 35.5.